The number of nitrogens with zero attached hydrogens (tertiary/aromatic N) is 2. The first-order valence-corrected chi connectivity index (χ1v) is 8.41. The molecule has 1 amide bonds. The summed E-state index contributed by atoms with van der Waals surface area (Å²) in [5, 5.41) is 15.1. The maximum Gasteiger partial charge on any atom is 0.282 e. The van der Waals surface area contributed by atoms with Crippen molar-refractivity contribution in [3.8, 4) is 11.5 Å². The number of hydrazone groups is 1. The molecule has 1 aromatic rings. The SMILES string of the molecule is C[C@]12CCCC[C@@H]1[C@H]2C(=O)N/N=C\c1cc2c(cc1[N+](=O)[O-])OCO2. The quantitative estimate of drug-likeness (QED) is 0.513. The number of hydrogen-bond acceptors (Lipinski definition) is 6. The van der Waals surface area contributed by atoms with Crippen LogP contribution in [0.3, 0.4) is 0 Å². The van der Waals surface area contributed by atoms with E-state index in [9.17, 15) is 14.9 Å². The monoisotopic (exact) mass is 345 g/mol. The van der Waals surface area contributed by atoms with E-state index in [-0.39, 0.29) is 35.3 Å². The van der Waals surface area contributed by atoms with Gasteiger partial charge in [-0.15, -0.1) is 0 Å². The summed E-state index contributed by atoms with van der Waals surface area (Å²) < 4.78 is 10.4. The fraction of sp³-hybridized carbons (Fsp3) is 0.529. The number of benzene rings is 1. The molecule has 1 aromatic carbocycles. The number of fused-ring (bicyclic) bond motifs is 2. The highest BCUT2D eigenvalue weighted by Gasteiger charge is 2.64. The van der Waals surface area contributed by atoms with Crippen molar-refractivity contribution >= 4 is 17.8 Å². The zero-order chi connectivity index (χ0) is 17.6. The van der Waals surface area contributed by atoms with Crippen molar-refractivity contribution in [1.29, 1.82) is 0 Å². The second-order valence-electron chi connectivity index (χ2n) is 7.09. The number of ether oxygens (including phenoxy) is 2. The molecule has 3 aliphatic rings. The van der Waals surface area contributed by atoms with Crippen LogP contribution in [0.15, 0.2) is 17.2 Å². The first kappa shape index (κ1) is 15.9. The van der Waals surface area contributed by atoms with Crippen LogP contribution in [-0.2, 0) is 4.79 Å². The van der Waals surface area contributed by atoms with E-state index in [1.165, 1.54) is 31.2 Å². The van der Waals surface area contributed by atoms with E-state index < -0.39 is 4.92 Å². The second kappa shape index (κ2) is 5.72. The van der Waals surface area contributed by atoms with Crippen molar-refractivity contribution in [1.82, 2.24) is 5.43 Å². The van der Waals surface area contributed by atoms with E-state index in [0.29, 0.717) is 17.4 Å². The minimum absolute atomic E-state index is 0.00103. The summed E-state index contributed by atoms with van der Waals surface area (Å²) in [4.78, 5) is 23.1. The summed E-state index contributed by atoms with van der Waals surface area (Å²) in [5.74, 6) is 1.10. The van der Waals surface area contributed by atoms with Gasteiger partial charge >= 0.3 is 0 Å². The van der Waals surface area contributed by atoms with E-state index in [0.717, 1.165) is 12.8 Å². The molecule has 0 spiro atoms. The summed E-state index contributed by atoms with van der Waals surface area (Å²) in [5.41, 5.74) is 2.76. The lowest BCUT2D eigenvalue weighted by Gasteiger charge is -2.15. The van der Waals surface area contributed by atoms with Crippen LogP contribution in [0.2, 0.25) is 0 Å². The number of amides is 1. The molecule has 4 rings (SSSR count). The van der Waals surface area contributed by atoms with Gasteiger partial charge in [-0.1, -0.05) is 19.8 Å². The standard InChI is InChI=1S/C17H19N3O5/c1-17-5-3-2-4-11(17)15(17)16(21)19-18-8-10-6-13-14(25-9-24-13)7-12(10)20(22)23/h6-8,11,15H,2-5,9H2,1H3,(H,19,21)/b18-8-/t11-,15+,17+/m1/s1. The Morgan fingerprint density at radius 2 is 2.16 bits per heavy atom. The summed E-state index contributed by atoms with van der Waals surface area (Å²) >= 11 is 0. The molecule has 2 aliphatic carbocycles. The smallest absolute Gasteiger partial charge is 0.282 e. The van der Waals surface area contributed by atoms with Gasteiger partial charge in [-0.2, -0.15) is 5.10 Å². The van der Waals surface area contributed by atoms with Crippen molar-refractivity contribution in [3.63, 3.8) is 0 Å². The predicted molar refractivity (Wildman–Crippen MR) is 88.5 cm³/mol. The van der Waals surface area contributed by atoms with Gasteiger partial charge in [-0.3, -0.25) is 14.9 Å². The molecule has 0 bridgehead atoms. The third-order valence-corrected chi connectivity index (χ3v) is 5.71. The van der Waals surface area contributed by atoms with Crippen molar-refractivity contribution in [2.45, 2.75) is 32.6 Å². The van der Waals surface area contributed by atoms with Gasteiger partial charge in [0.25, 0.3) is 5.69 Å². The highest BCUT2D eigenvalue weighted by atomic mass is 16.7. The number of nitrogens with one attached hydrogen (secondary N) is 1. The molecule has 2 saturated carbocycles. The molecular weight excluding hydrogens is 326 g/mol. The van der Waals surface area contributed by atoms with Gasteiger partial charge in [0.1, 0.15) is 0 Å². The van der Waals surface area contributed by atoms with Gasteiger partial charge in [-0.05, 0) is 30.2 Å². The Morgan fingerprint density at radius 3 is 2.84 bits per heavy atom. The van der Waals surface area contributed by atoms with Crippen LogP contribution in [0.25, 0.3) is 0 Å². The summed E-state index contributed by atoms with van der Waals surface area (Å²) in [6.07, 6.45) is 5.80. The zero-order valence-electron chi connectivity index (χ0n) is 13.9. The molecule has 0 aromatic heterocycles. The molecule has 25 heavy (non-hydrogen) atoms. The van der Waals surface area contributed by atoms with Crippen molar-refractivity contribution in [2.24, 2.45) is 22.4 Å². The molecule has 1 aliphatic heterocycles. The van der Waals surface area contributed by atoms with Crippen LogP contribution >= 0.6 is 0 Å². The van der Waals surface area contributed by atoms with Gasteiger partial charge in [0.05, 0.1) is 22.8 Å². The fourth-order valence-corrected chi connectivity index (χ4v) is 4.29. The maximum absolute atomic E-state index is 12.4. The van der Waals surface area contributed by atoms with Gasteiger partial charge in [0.2, 0.25) is 12.7 Å². The van der Waals surface area contributed by atoms with E-state index in [1.54, 1.807) is 0 Å². The zero-order valence-corrected chi connectivity index (χ0v) is 13.9. The summed E-state index contributed by atoms with van der Waals surface area (Å²) in [6, 6.07) is 2.80. The minimum atomic E-state index is -0.512. The molecule has 2 fully saturated rings. The molecule has 0 saturated heterocycles. The van der Waals surface area contributed by atoms with Gasteiger partial charge in [-0.25, -0.2) is 5.43 Å². The van der Waals surface area contributed by atoms with Crippen LogP contribution in [-0.4, -0.2) is 23.8 Å². The molecule has 8 nitrogen and oxygen atoms in total. The molecule has 1 heterocycles. The lowest BCUT2D eigenvalue weighted by Crippen LogP contribution is -2.22. The number of carbonyl (C=O) groups is 1. The number of rotatable bonds is 4. The number of nitro groups is 1. The van der Waals surface area contributed by atoms with Gasteiger partial charge in [0, 0.05) is 5.92 Å². The molecule has 8 heteroatoms. The van der Waals surface area contributed by atoms with Gasteiger partial charge in [0.15, 0.2) is 11.5 Å². The Labute approximate surface area is 144 Å². The third kappa shape index (κ3) is 2.61. The van der Waals surface area contributed by atoms with Gasteiger partial charge < -0.3 is 9.47 Å². The Hall–Kier alpha value is -2.64. The average molecular weight is 345 g/mol. The third-order valence-electron chi connectivity index (χ3n) is 5.71. The van der Waals surface area contributed by atoms with Crippen molar-refractivity contribution < 1.29 is 19.2 Å². The average Bonchev–Trinajstić information content (AvgIpc) is 2.95. The molecular formula is C17H19N3O5. The largest absolute Gasteiger partial charge is 0.454 e. The molecule has 1 N–H and O–H groups in total. The minimum Gasteiger partial charge on any atom is -0.454 e. The number of hydrogen-bond donors (Lipinski definition) is 1. The predicted octanol–water partition coefficient (Wildman–Crippen LogP) is 2.60. The summed E-state index contributed by atoms with van der Waals surface area (Å²) in [6.45, 7) is 2.19. The first-order chi connectivity index (χ1) is 12.0. The summed E-state index contributed by atoms with van der Waals surface area (Å²) in [7, 11) is 0. The van der Waals surface area contributed by atoms with Crippen LogP contribution < -0.4 is 14.9 Å². The maximum atomic E-state index is 12.4. The molecule has 132 valence electrons. The highest BCUT2D eigenvalue weighted by molar-refractivity contribution is 5.89. The van der Waals surface area contributed by atoms with E-state index in [2.05, 4.69) is 17.5 Å². The molecule has 0 radical (unpaired) electrons. The Kier molecular flexibility index (Phi) is 3.63. The number of nitro benzene ring substituents is 1. The Morgan fingerprint density at radius 1 is 1.40 bits per heavy atom. The van der Waals surface area contributed by atoms with Crippen LogP contribution in [0.5, 0.6) is 11.5 Å². The van der Waals surface area contributed by atoms with Crippen molar-refractivity contribution in [3.05, 3.63) is 27.8 Å². The molecule has 0 unspecified atom stereocenters. The fourth-order valence-electron chi connectivity index (χ4n) is 4.29. The lowest BCUT2D eigenvalue weighted by atomic mass is 9.90. The second-order valence-corrected chi connectivity index (χ2v) is 7.09. The van der Waals surface area contributed by atoms with Crippen LogP contribution in [0.4, 0.5) is 5.69 Å². The number of carbonyl (C=O) groups excluding carboxylic acids is 1. The lowest BCUT2D eigenvalue weighted by molar-refractivity contribution is -0.385. The highest BCUT2D eigenvalue weighted by Crippen LogP contribution is 2.66. The van der Waals surface area contributed by atoms with Crippen LogP contribution in [0.1, 0.15) is 38.2 Å². The first-order valence-electron chi connectivity index (χ1n) is 8.41. The van der Waals surface area contributed by atoms with Crippen molar-refractivity contribution in [2.75, 3.05) is 6.79 Å². The molecule has 3 atom stereocenters. The van der Waals surface area contributed by atoms with E-state index >= 15 is 0 Å². The topological polar surface area (TPSA) is 103 Å². The normalized spacial score (nSPS) is 29.3. The Balaban J connectivity index is 1.47. The Bertz CT molecular complexity index is 778. The van der Waals surface area contributed by atoms with E-state index in [1.807, 2.05) is 0 Å². The van der Waals surface area contributed by atoms with Crippen LogP contribution in [0, 0.1) is 27.4 Å². The van der Waals surface area contributed by atoms with E-state index in [4.69, 9.17) is 9.47 Å².